The Morgan fingerprint density at radius 2 is 1.62 bits per heavy atom. The molecule has 2 aliphatic rings. The van der Waals surface area contributed by atoms with Crippen molar-refractivity contribution in [1.29, 1.82) is 0 Å². The van der Waals surface area contributed by atoms with Crippen LogP contribution in [0.5, 0.6) is 0 Å². The minimum atomic E-state index is 0.0231. The smallest absolute Gasteiger partial charge is 0.191 e. The van der Waals surface area contributed by atoms with Crippen molar-refractivity contribution in [3.63, 3.8) is 0 Å². The molecule has 0 aliphatic carbocycles. The Morgan fingerprint density at radius 1 is 0.966 bits per heavy atom. The third-order valence-electron chi connectivity index (χ3n) is 6.18. The van der Waals surface area contributed by atoms with Crippen molar-refractivity contribution in [2.45, 2.75) is 18.3 Å². The zero-order chi connectivity index (χ0) is 20.1. The molecule has 29 heavy (non-hydrogen) atoms. The highest BCUT2D eigenvalue weighted by atomic mass is 35.5. The van der Waals surface area contributed by atoms with Crippen LogP contribution < -0.4 is 10.6 Å². The molecular weight excluding hydrogens is 384 g/mol. The minimum Gasteiger partial charge on any atom is -0.381 e. The SMILES string of the molecule is NC(=NCC1(c2ccccc2)CCOCC1)N1CCN(c2ccc(Cl)cc2)CC1. The molecule has 5 nitrogen and oxygen atoms in total. The molecule has 2 saturated heterocycles. The van der Waals surface area contributed by atoms with E-state index in [1.54, 1.807) is 0 Å². The fourth-order valence-corrected chi connectivity index (χ4v) is 4.40. The van der Waals surface area contributed by atoms with Gasteiger partial charge in [0, 0.05) is 55.5 Å². The van der Waals surface area contributed by atoms with Crippen LogP contribution in [0.3, 0.4) is 0 Å². The maximum absolute atomic E-state index is 6.42. The van der Waals surface area contributed by atoms with Gasteiger partial charge in [-0.25, -0.2) is 0 Å². The summed E-state index contributed by atoms with van der Waals surface area (Å²) in [6.45, 7) is 5.88. The van der Waals surface area contributed by atoms with E-state index in [9.17, 15) is 0 Å². The summed E-state index contributed by atoms with van der Waals surface area (Å²) in [5.41, 5.74) is 8.98. The van der Waals surface area contributed by atoms with Crippen molar-refractivity contribution >= 4 is 23.2 Å². The Kier molecular flexibility index (Phi) is 6.26. The lowest BCUT2D eigenvalue weighted by molar-refractivity contribution is 0.0530. The van der Waals surface area contributed by atoms with Crippen molar-refractivity contribution in [3.05, 3.63) is 65.2 Å². The Balaban J connectivity index is 1.40. The molecule has 0 unspecified atom stereocenters. The van der Waals surface area contributed by atoms with Crippen LogP contribution >= 0.6 is 11.6 Å². The lowest BCUT2D eigenvalue weighted by Crippen LogP contribution is -2.51. The first-order valence-corrected chi connectivity index (χ1v) is 10.7. The standard InChI is InChI=1S/C23H29ClN4O/c24-20-6-8-21(9-7-20)27-12-14-28(15-13-27)22(25)26-18-23(10-16-29-17-11-23)19-4-2-1-3-5-19/h1-9H,10-18H2,(H2,25,26). The maximum atomic E-state index is 6.42. The molecule has 0 bridgehead atoms. The molecule has 2 aromatic rings. The summed E-state index contributed by atoms with van der Waals surface area (Å²) in [4.78, 5) is 9.42. The van der Waals surface area contributed by atoms with Crippen molar-refractivity contribution in [3.8, 4) is 0 Å². The van der Waals surface area contributed by atoms with E-state index >= 15 is 0 Å². The summed E-state index contributed by atoms with van der Waals surface area (Å²) < 4.78 is 5.63. The molecule has 6 heteroatoms. The van der Waals surface area contributed by atoms with Crippen LogP contribution in [0.25, 0.3) is 0 Å². The fraction of sp³-hybridized carbons (Fsp3) is 0.435. The molecule has 0 amide bonds. The van der Waals surface area contributed by atoms with Gasteiger partial charge in [0.15, 0.2) is 5.96 Å². The quantitative estimate of drug-likeness (QED) is 0.616. The molecule has 2 aromatic carbocycles. The average Bonchev–Trinajstić information content (AvgIpc) is 2.79. The van der Waals surface area contributed by atoms with Crippen LogP contribution in [-0.2, 0) is 10.2 Å². The summed E-state index contributed by atoms with van der Waals surface area (Å²) in [5.74, 6) is 0.655. The van der Waals surface area contributed by atoms with Crippen molar-refractivity contribution in [2.24, 2.45) is 10.7 Å². The van der Waals surface area contributed by atoms with Gasteiger partial charge in [0.05, 0.1) is 6.54 Å². The number of hydrogen-bond acceptors (Lipinski definition) is 3. The number of hydrogen-bond donors (Lipinski definition) is 1. The summed E-state index contributed by atoms with van der Waals surface area (Å²) in [6, 6.07) is 18.7. The van der Waals surface area contributed by atoms with E-state index in [1.807, 2.05) is 12.1 Å². The van der Waals surface area contributed by atoms with E-state index < -0.39 is 0 Å². The molecular formula is C23H29ClN4O. The van der Waals surface area contributed by atoms with Gasteiger partial charge < -0.3 is 20.3 Å². The van der Waals surface area contributed by atoms with Crippen molar-refractivity contribution in [2.75, 3.05) is 50.8 Å². The van der Waals surface area contributed by atoms with E-state index in [-0.39, 0.29) is 5.41 Å². The van der Waals surface area contributed by atoms with Gasteiger partial charge in [-0.3, -0.25) is 4.99 Å². The van der Waals surface area contributed by atoms with Gasteiger partial charge in [-0.05, 0) is 42.7 Å². The third-order valence-corrected chi connectivity index (χ3v) is 6.43. The summed E-state index contributed by atoms with van der Waals surface area (Å²) >= 11 is 6.00. The number of nitrogens with two attached hydrogens (primary N) is 1. The van der Waals surface area contributed by atoms with Crippen LogP contribution in [-0.4, -0.2) is 56.8 Å². The predicted molar refractivity (Wildman–Crippen MR) is 120 cm³/mol. The van der Waals surface area contributed by atoms with Crippen molar-refractivity contribution in [1.82, 2.24) is 4.90 Å². The van der Waals surface area contributed by atoms with E-state index in [2.05, 4.69) is 52.3 Å². The number of halogens is 1. The Hall–Kier alpha value is -2.24. The fourth-order valence-electron chi connectivity index (χ4n) is 4.27. The van der Waals surface area contributed by atoms with Gasteiger partial charge >= 0.3 is 0 Å². The van der Waals surface area contributed by atoms with Gasteiger partial charge in [0.2, 0.25) is 0 Å². The van der Waals surface area contributed by atoms with Crippen LogP contribution in [0.2, 0.25) is 5.02 Å². The Labute approximate surface area is 178 Å². The highest BCUT2D eigenvalue weighted by Gasteiger charge is 2.34. The zero-order valence-electron chi connectivity index (χ0n) is 16.8. The summed E-state index contributed by atoms with van der Waals surface area (Å²) in [6.07, 6.45) is 1.97. The normalized spacial score (nSPS) is 20.0. The molecule has 2 N–H and O–H groups in total. The second kappa shape index (κ2) is 9.06. The number of rotatable bonds is 4. The summed E-state index contributed by atoms with van der Waals surface area (Å²) in [7, 11) is 0. The van der Waals surface area contributed by atoms with Gasteiger partial charge in [-0.2, -0.15) is 0 Å². The molecule has 2 aliphatic heterocycles. The second-order valence-corrected chi connectivity index (χ2v) is 8.32. The first-order chi connectivity index (χ1) is 14.2. The largest absolute Gasteiger partial charge is 0.381 e. The Bertz CT molecular complexity index is 811. The second-order valence-electron chi connectivity index (χ2n) is 7.88. The molecule has 0 atom stereocenters. The number of anilines is 1. The number of aliphatic imine (C=N–C) groups is 1. The van der Waals surface area contributed by atoms with Gasteiger partial charge in [0.1, 0.15) is 0 Å². The predicted octanol–water partition coefficient (Wildman–Crippen LogP) is 3.53. The molecule has 0 radical (unpaired) electrons. The number of nitrogens with zero attached hydrogens (tertiary/aromatic N) is 3. The number of piperazine rings is 1. The van der Waals surface area contributed by atoms with E-state index in [0.29, 0.717) is 12.5 Å². The Morgan fingerprint density at radius 3 is 2.28 bits per heavy atom. The maximum Gasteiger partial charge on any atom is 0.191 e. The van der Waals surface area contributed by atoms with Crippen LogP contribution in [0.4, 0.5) is 5.69 Å². The first kappa shape index (κ1) is 20.0. The van der Waals surface area contributed by atoms with Crippen LogP contribution in [0.15, 0.2) is 59.6 Å². The van der Waals surface area contributed by atoms with Gasteiger partial charge in [-0.1, -0.05) is 41.9 Å². The molecule has 0 saturated carbocycles. The molecule has 4 rings (SSSR count). The van der Waals surface area contributed by atoms with Gasteiger partial charge in [-0.15, -0.1) is 0 Å². The monoisotopic (exact) mass is 412 g/mol. The zero-order valence-corrected chi connectivity index (χ0v) is 17.5. The lowest BCUT2D eigenvalue weighted by Gasteiger charge is -2.38. The molecule has 2 fully saturated rings. The number of guanidine groups is 1. The van der Waals surface area contributed by atoms with E-state index in [1.165, 1.54) is 11.3 Å². The number of ether oxygens (including phenoxy) is 1. The first-order valence-electron chi connectivity index (χ1n) is 10.3. The summed E-state index contributed by atoms with van der Waals surface area (Å²) in [5, 5.41) is 0.768. The molecule has 2 heterocycles. The van der Waals surface area contributed by atoms with Crippen molar-refractivity contribution < 1.29 is 4.74 Å². The molecule has 0 spiro atoms. The lowest BCUT2D eigenvalue weighted by atomic mass is 9.74. The molecule has 0 aromatic heterocycles. The highest BCUT2D eigenvalue weighted by Crippen LogP contribution is 2.35. The number of benzene rings is 2. The minimum absolute atomic E-state index is 0.0231. The third kappa shape index (κ3) is 4.68. The van der Waals surface area contributed by atoms with E-state index in [4.69, 9.17) is 27.1 Å². The molecule has 154 valence electrons. The van der Waals surface area contributed by atoms with E-state index in [0.717, 1.165) is 57.3 Å². The van der Waals surface area contributed by atoms with Crippen LogP contribution in [0.1, 0.15) is 18.4 Å². The van der Waals surface area contributed by atoms with Gasteiger partial charge in [0.25, 0.3) is 0 Å². The highest BCUT2D eigenvalue weighted by molar-refractivity contribution is 6.30. The topological polar surface area (TPSA) is 54.1 Å². The van der Waals surface area contributed by atoms with Crippen LogP contribution in [0, 0.1) is 0 Å². The average molecular weight is 413 g/mol.